The molecule has 1 amide bonds. The number of H-pyrrole nitrogens is 1. The van der Waals surface area contributed by atoms with Crippen molar-refractivity contribution in [2.45, 2.75) is 36.7 Å². The number of morpholine rings is 1. The fourth-order valence-electron chi connectivity index (χ4n) is 5.64. The Morgan fingerprint density at radius 3 is 2.62 bits per heavy atom. The van der Waals surface area contributed by atoms with E-state index in [-0.39, 0.29) is 18.9 Å². The molecule has 4 heterocycles. The highest BCUT2D eigenvalue weighted by molar-refractivity contribution is 7.89. The van der Waals surface area contributed by atoms with Crippen molar-refractivity contribution in [1.82, 2.24) is 19.8 Å². The van der Waals surface area contributed by atoms with Crippen LogP contribution in [0.25, 0.3) is 0 Å². The summed E-state index contributed by atoms with van der Waals surface area (Å²) >= 11 is 0. The highest BCUT2D eigenvalue weighted by atomic mass is 32.2. The fourth-order valence-corrected chi connectivity index (χ4v) is 7.09. The Balaban J connectivity index is 1.23. The molecule has 2 aromatic carbocycles. The minimum atomic E-state index is -4.19. The van der Waals surface area contributed by atoms with Crippen molar-refractivity contribution in [1.29, 1.82) is 0 Å². The number of hydrogen-bond donors (Lipinski definition) is 4. The summed E-state index contributed by atoms with van der Waals surface area (Å²) < 4.78 is 60.6. The van der Waals surface area contributed by atoms with E-state index in [4.69, 9.17) is 4.74 Å². The van der Waals surface area contributed by atoms with Crippen molar-refractivity contribution in [3.05, 3.63) is 64.9 Å². The van der Waals surface area contributed by atoms with Crippen LogP contribution in [-0.2, 0) is 27.7 Å². The fraction of sp³-hybridized carbons (Fsp3) is 0.429. The second-order valence-electron chi connectivity index (χ2n) is 10.7. The summed E-state index contributed by atoms with van der Waals surface area (Å²) in [5.74, 6) is -2.14. The number of aromatic nitrogens is 2. The average Bonchev–Trinajstić information content (AvgIpc) is 3.66. The lowest BCUT2D eigenvalue weighted by Crippen LogP contribution is -2.36. The molecule has 6 rings (SSSR count). The van der Waals surface area contributed by atoms with Crippen molar-refractivity contribution >= 4 is 33.1 Å². The minimum Gasteiger partial charge on any atom is -0.383 e. The maximum absolute atomic E-state index is 13.8. The number of hydrogen-bond acceptors (Lipinski definition) is 8. The summed E-state index contributed by atoms with van der Waals surface area (Å²) in [6.07, 6.45) is 2.46. The monoisotopic (exact) mass is 601 g/mol. The van der Waals surface area contributed by atoms with Gasteiger partial charge >= 0.3 is 0 Å². The Kier molecular flexibility index (Phi) is 8.12. The summed E-state index contributed by atoms with van der Waals surface area (Å²) in [7, 11) is -4.19. The van der Waals surface area contributed by atoms with Gasteiger partial charge in [0, 0.05) is 73.9 Å². The first-order valence-electron chi connectivity index (χ1n) is 14.1. The topological polar surface area (TPSA) is 132 Å². The molecule has 0 bridgehead atoms. The van der Waals surface area contributed by atoms with Gasteiger partial charge in [-0.1, -0.05) is 0 Å². The summed E-state index contributed by atoms with van der Waals surface area (Å²) in [6, 6.07) is 8.18. The molecule has 0 aliphatic carbocycles. The van der Waals surface area contributed by atoms with Crippen molar-refractivity contribution in [3.63, 3.8) is 0 Å². The van der Waals surface area contributed by atoms with Gasteiger partial charge in [-0.3, -0.25) is 9.89 Å². The first-order valence-corrected chi connectivity index (χ1v) is 15.5. The van der Waals surface area contributed by atoms with Gasteiger partial charge in [0.05, 0.1) is 23.7 Å². The van der Waals surface area contributed by atoms with Crippen LogP contribution in [0.3, 0.4) is 0 Å². The van der Waals surface area contributed by atoms with Gasteiger partial charge in [-0.05, 0) is 49.7 Å². The van der Waals surface area contributed by atoms with Gasteiger partial charge < -0.3 is 25.6 Å². The zero-order chi connectivity index (χ0) is 29.3. The normalized spacial score (nSPS) is 19.5. The quantitative estimate of drug-likeness (QED) is 0.310. The third-order valence-electron chi connectivity index (χ3n) is 7.93. The van der Waals surface area contributed by atoms with Crippen LogP contribution < -0.4 is 20.9 Å². The van der Waals surface area contributed by atoms with Crippen LogP contribution >= 0.6 is 0 Å². The van der Waals surface area contributed by atoms with E-state index in [0.717, 1.165) is 54.6 Å². The maximum Gasteiger partial charge on any atom is 0.258 e. The molecule has 0 saturated carbocycles. The van der Waals surface area contributed by atoms with Crippen LogP contribution in [0.4, 0.5) is 26.0 Å². The molecule has 11 nitrogen and oxygen atoms in total. The van der Waals surface area contributed by atoms with Gasteiger partial charge in [0.1, 0.15) is 11.6 Å². The standard InChI is InChI=1S/C28H33F2N7O4S/c29-18-12-19(30)14-22(13-18)42(39,40)37-7-5-25-24(17-37)27(35-34-25)33-28(38)23-4-3-21(36-8-10-41-11-9-36)15-26(23)32-16-20-2-1-6-31-20/h3-4,12-15,20,31-32H,1-2,5-11,16-17H2,(H2,33,34,35,38). The molecule has 2 saturated heterocycles. The molecule has 224 valence electrons. The molecule has 4 N–H and O–H groups in total. The molecule has 42 heavy (non-hydrogen) atoms. The van der Waals surface area contributed by atoms with E-state index in [1.165, 1.54) is 0 Å². The number of nitrogens with zero attached hydrogens (tertiary/aromatic N) is 3. The first-order chi connectivity index (χ1) is 20.3. The Bertz CT molecular complexity index is 1550. The number of ether oxygens (including phenoxy) is 1. The predicted octanol–water partition coefficient (Wildman–Crippen LogP) is 2.69. The van der Waals surface area contributed by atoms with E-state index in [2.05, 4.69) is 31.0 Å². The molecule has 3 aromatic rings. The zero-order valence-corrected chi connectivity index (χ0v) is 23.8. The highest BCUT2D eigenvalue weighted by Crippen LogP contribution is 2.30. The average molecular weight is 602 g/mol. The van der Waals surface area contributed by atoms with Crippen molar-refractivity contribution < 1.29 is 26.7 Å². The number of carbonyl (C=O) groups is 1. The number of benzene rings is 2. The van der Waals surface area contributed by atoms with Gasteiger partial charge in [0.2, 0.25) is 10.0 Å². The highest BCUT2D eigenvalue weighted by Gasteiger charge is 2.32. The van der Waals surface area contributed by atoms with E-state index in [1.807, 2.05) is 12.1 Å². The molecule has 1 unspecified atom stereocenters. The summed E-state index contributed by atoms with van der Waals surface area (Å²) in [4.78, 5) is 15.4. The maximum atomic E-state index is 13.8. The van der Waals surface area contributed by atoms with E-state index in [0.29, 0.717) is 60.8 Å². The molecule has 0 spiro atoms. The number of anilines is 3. The first kappa shape index (κ1) is 28.5. The number of halogens is 2. The molecule has 3 aliphatic rings. The van der Waals surface area contributed by atoms with Crippen molar-refractivity contribution in [2.24, 2.45) is 0 Å². The Hall–Kier alpha value is -3.59. The van der Waals surface area contributed by atoms with Gasteiger partial charge in [-0.25, -0.2) is 17.2 Å². The number of amides is 1. The number of sulfonamides is 1. The van der Waals surface area contributed by atoms with E-state index < -0.39 is 32.5 Å². The number of aromatic amines is 1. The van der Waals surface area contributed by atoms with Gasteiger partial charge in [-0.2, -0.15) is 9.40 Å². The second-order valence-corrected chi connectivity index (χ2v) is 12.6. The minimum absolute atomic E-state index is 0.0926. The van der Waals surface area contributed by atoms with Gasteiger partial charge in [0.25, 0.3) is 5.91 Å². The molecular formula is C28H33F2N7O4S. The second kappa shape index (κ2) is 12.0. The molecule has 0 radical (unpaired) electrons. The number of carbonyl (C=O) groups excluding carboxylic acids is 1. The molecule has 3 aliphatic heterocycles. The third-order valence-corrected chi connectivity index (χ3v) is 9.75. The van der Waals surface area contributed by atoms with Crippen LogP contribution in [0.5, 0.6) is 0 Å². The molecular weight excluding hydrogens is 568 g/mol. The predicted molar refractivity (Wildman–Crippen MR) is 153 cm³/mol. The molecule has 14 heteroatoms. The Labute approximate surface area is 242 Å². The largest absolute Gasteiger partial charge is 0.383 e. The zero-order valence-electron chi connectivity index (χ0n) is 23.0. The SMILES string of the molecule is O=C(Nc1n[nH]c2c1CN(S(=O)(=O)c1cc(F)cc(F)c1)CC2)c1ccc(N2CCOCC2)cc1NCC1CCCN1. The van der Waals surface area contributed by atoms with Crippen LogP contribution in [0.1, 0.15) is 34.5 Å². The third kappa shape index (κ3) is 5.98. The lowest BCUT2D eigenvalue weighted by Gasteiger charge is -2.29. The molecule has 2 fully saturated rings. The van der Waals surface area contributed by atoms with Crippen LogP contribution in [0.2, 0.25) is 0 Å². The van der Waals surface area contributed by atoms with Crippen molar-refractivity contribution in [3.8, 4) is 0 Å². The van der Waals surface area contributed by atoms with E-state index in [1.54, 1.807) is 6.07 Å². The molecule has 1 aromatic heterocycles. The van der Waals surface area contributed by atoms with Crippen LogP contribution in [-0.4, -0.2) is 80.8 Å². The van der Waals surface area contributed by atoms with Crippen molar-refractivity contribution in [2.75, 3.05) is 61.5 Å². The smallest absolute Gasteiger partial charge is 0.258 e. The Morgan fingerprint density at radius 1 is 1.10 bits per heavy atom. The summed E-state index contributed by atoms with van der Waals surface area (Å²) in [5.41, 5.74) is 3.30. The summed E-state index contributed by atoms with van der Waals surface area (Å²) in [6.45, 7) is 4.42. The molecule has 1 atom stereocenters. The van der Waals surface area contributed by atoms with Crippen LogP contribution in [0.15, 0.2) is 41.3 Å². The number of nitrogens with one attached hydrogen (secondary N) is 4. The van der Waals surface area contributed by atoms with E-state index in [9.17, 15) is 22.0 Å². The Morgan fingerprint density at radius 2 is 1.88 bits per heavy atom. The summed E-state index contributed by atoms with van der Waals surface area (Å²) in [5, 5.41) is 16.9. The number of fused-ring (bicyclic) bond motifs is 1. The van der Waals surface area contributed by atoms with Gasteiger partial charge in [0.15, 0.2) is 5.82 Å². The lowest BCUT2D eigenvalue weighted by molar-refractivity contribution is 0.102. The van der Waals surface area contributed by atoms with Gasteiger partial charge in [-0.15, -0.1) is 0 Å². The van der Waals surface area contributed by atoms with Crippen LogP contribution in [0, 0.1) is 11.6 Å². The lowest BCUT2D eigenvalue weighted by atomic mass is 10.1. The number of rotatable bonds is 8. The van der Waals surface area contributed by atoms with E-state index >= 15 is 0 Å².